The summed E-state index contributed by atoms with van der Waals surface area (Å²) in [7, 11) is 3.31. The van der Waals surface area contributed by atoms with Gasteiger partial charge in [-0.25, -0.2) is 4.79 Å². The highest BCUT2D eigenvalue weighted by Crippen LogP contribution is 2.37. The lowest BCUT2D eigenvalue weighted by molar-refractivity contribution is -0.114. The van der Waals surface area contributed by atoms with E-state index in [1.807, 2.05) is 48.5 Å². The fraction of sp³-hybridized carbons (Fsp3) is 0.273. The van der Waals surface area contributed by atoms with E-state index in [0.717, 1.165) is 29.1 Å². The summed E-state index contributed by atoms with van der Waals surface area (Å²) in [6.07, 6.45) is 0.948. The number of amides is 3. The predicted molar refractivity (Wildman–Crippen MR) is 107 cm³/mol. The monoisotopic (exact) mass is 377 g/mol. The first kappa shape index (κ1) is 18.1. The number of likely N-dealkylation sites (N-methyl/N-ethyl adjacent to an activating group) is 1. The first-order valence-electron chi connectivity index (χ1n) is 9.35. The van der Waals surface area contributed by atoms with Crippen molar-refractivity contribution in [3.05, 3.63) is 70.9 Å². The molecular formula is C22H23N3O3. The van der Waals surface area contributed by atoms with Crippen LogP contribution in [0.5, 0.6) is 5.75 Å². The molecule has 6 nitrogen and oxygen atoms in total. The number of nitrogens with zero attached hydrogens (tertiary/aromatic N) is 2. The van der Waals surface area contributed by atoms with Crippen molar-refractivity contribution in [3.63, 3.8) is 0 Å². The Balaban J connectivity index is 1.70. The standard InChI is InChI=1S/C22H23N3O3/c1-4-14-5-9-16(10-6-14)25-13-18-19(21(25)26)20(23-22(27)24(18)2)15-7-11-17(28-3)12-8-15/h5-12,20H,4,13H2,1-3H3,(H,23,27). The number of methoxy groups -OCH3 is 1. The van der Waals surface area contributed by atoms with Gasteiger partial charge in [0.1, 0.15) is 5.75 Å². The summed E-state index contributed by atoms with van der Waals surface area (Å²) >= 11 is 0. The van der Waals surface area contributed by atoms with Gasteiger partial charge < -0.3 is 15.0 Å². The van der Waals surface area contributed by atoms with Gasteiger partial charge in [-0.1, -0.05) is 31.2 Å². The molecule has 0 saturated carbocycles. The summed E-state index contributed by atoms with van der Waals surface area (Å²) in [6.45, 7) is 2.48. The lowest BCUT2D eigenvalue weighted by Crippen LogP contribution is -2.45. The van der Waals surface area contributed by atoms with Crippen molar-refractivity contribution in [2.75, 3.05) is 25.6 Å². The summed E-state index contributed by atoms with van der Waals surface area (Å²) in [5.74, 6) is 0.652. The number of urea groups is 1. The SMILES string of the molecule is CCc1ccc(N2CC3=C(C2=O)C(c2ccc(OC)cc2)NC(=O)N3C)cc1. The first-order valence-corrected chi connectivity index (χ1v) is 9.35. The van der Waals surface area contributed by atoms with E-state index in [4.69, 9.17) is 4.74 Å². The van der Waals surface area contributed by atoms with Gasteiger partial charge >= 0.3 is 6.03 Å². The van der Waals surface area contributed by atoms with Gasteiger partial charge in [0, 0.05) is 12.7 Å². The number of anilines is 1. The van der Waals surface area contributed by atoms with Crippen LogP contribution in [-0.4, -0.2) is 37.5 Å². The molecule has 0 radical (unpaired) electrons. The van der Waals surface area contributed by atoms with E-state index >= 15 is 0 Å². The van der Waals surface area contributed by atoms with Gasteiger partial charge in [0.2, 0.25) is 0 Å². The van der Waals surface area contributed by atoms with Crippen LogP contribution in [0.15, 0.2) is 59.8 Å². The molecule has 2 aromatic carbocycles. The third-order valence-electron chi connectivity index (χ3n) is 5.47. The zero-order valence-electron chi connectivity index (χ0n) is 16.2. The molecule has 1 atom stereocenters. The topological polar surface area (TPSA) is 61.9 Å². The molecule has 0 aliphatic carbocycles. The molecule has 0 fully saturated rings. The molecule has 28 heavy (non-hydrogen) atoms. The minimum atomic E-state index is -0.475. The molecule has 1 unspecified atom stereocenters. The highest BCUT2D eigenvalue weighted by molar-refractivity contribution is 6.11. The maximum absolute atomic E-state index is 13.3. The zero-order valence-corrected chi connectivity index (χ0v) is 16.2. The molecule has 3 amide bonds. The van der Waals surface area contributed by atoms with Crippen molar-refractivity contribution in [2.24, 2.45) is 0 Å². The molecule has 2 aromatic rings. The van der Waals surface area contributed by atoms with Crippen LogP contribution in [0.1, 0.15) is 24.1 Å². The molecule has 2 aliphatic rings. The van der Waals surface area contributed by atoms with Crippen molar-refractivity contribution in [1.29, 1.82) is 0 Å². The number of carbonyl (C=O) groups is 2. The Labute approximate surface area is 164 Å². The Hall–Kier alpha value is -3.28. The highest BCUT2D eigenvalue weighted by atomic mass is 16.5. The van der Waals surface area contributed by atoms with Crippen LogP contribution in [0.4, 0.5) is 10.5 Å². The summed E-state index contributed by atoms with van der Waals surface area (Å²) in [5, 5.41) is 2.95. The van der Waals surface area contributed by atoms with Crippen LogP contribution >= 0.6 is 0 Å². The average molecular weight is 377 g/mol. The van der Waals surface area contributed by atoms with Gasteiger partial charge in [-0.3, -0.25) is 9.69 Å². The lowest BCUT2D eigenvalue weighted by atomic mass is 9.95. The maximum Gasteiger partial charge on any atom is 0.322 e. The van der Waals surface area contributed by atoms with Crippen LogP contribution in [-0.2, 0) is 11.2 Å². The van der Waals surface area contributed by atoms with Gasteiger partial charge in [-0.15, -0.1) is 0 Å². The second-order valence-electron chi connectivity index (χ2n) is 6.99. The zero-order chi connectivity index (χ0) is 19.8. The Morgan fingerprint density at radius 1 is 1.07 bits per heavy atom. The molecule has 1 N–H and O–H groups in total. The molecule has 6 heteroatoms. The van der Waals surface area contributed by atoms with Gasteiger partial charge in [0.05, 0.1) is 31.0 Å². The first-order chi connectivity index (χ1) is 13.5. The van der Waals surface area contributed by atoms with Crippen LogP contribution in [0.3, 0.4) is 0 Å². The van der Waals surface area contributed by atoms with Crippen molar-refractivity contribution in [3.8, 4) is 5.75 Å². The van der Waals surface area contributed by atoms with Crippen LogP contribution in [0.2, 0.25) is 0 Å². The third kappa shape index (κ3) is 2.91. The highest BCUT2D eigenvalue weighted by Gasteiger charge is 2.43. The molecule has 4 rings (SSSR count). The van der Waals surface area contributed by atoms with Gasteiger partial charge in [0.25, 0.3) is 5.91 Å². The fourth-order valence-electron chi connectivity index (χ4n) is 3.73. The molecule has 2 heterocycles. The van der Waals surface area contributed by atoms with Gasteiger partial charge in [-0.05, 0) is 41.8 Å². The van der Waals surface area contributed by atoms with Crippen LogP contribution in [0.25, 0.3) is 0 Å². The summed E-state index contributed by atoms with van der Waals surface area (Å²) in [5.41, 5.74) is 4.27. The fourth-order valence-corrected chi connectivity index (χ4v) is 3.73. The second-order valence-corrected chi connectivity index (χ2v) is 6.99. The number of nitrogens with one attached hydrogen (secondary N) is 1. The van der Waals surface area contributed by atoms with Gasteiger partial charge in [-0.2, -0.15) is 0 Å². The minimum Gasteiger partial charge on any atom is -0.497 e. The number of hydrogen-bond acceptors (Lipinski definition) is 3. The van der Waals surface area contributed by atoms with Crippen LogP contribution < -0.4 is 15.0 Å². The summed E-state index contributed by atoms with van der Waals surface area (Å²) < 4.78 is 5.21. The number of carbonyl (C=O) groups excluding carboxylic acids is 2. The van der Waals surface area contributed by atoms with E-state index in [0.29, 0.717) is 12.1 Å². The predicted octanol–water partition coefficient (Wildman–Crippen LogP) is 3.25. The smallest absolute Gasteiger partial charge is 0.322 e. The van der Waals surface area contributed by atoms with Crippen molar-refractivity contribution in [2.45, 2.75) is 19.4 Å². The van der Waals surface area contributed by atoms with E-state index in [2.05, 4.69) is 12.2 Å². The molecule has 144 valence electrons. The molecule has 2 aliphatic heterocycles. The van der Waals surface area contributed by atoms with E-state index in [-0.39, 0.29) is 11.9 Å². The average Bonchev–Trinajstić information content (AvgIpc) is 3.08. The Kier molecular flexibility index (Phi) is 4.55. The Bertz CT molecular complexity index is 948. The van der Waals surface area contributed by atoms with E-state index in [1.54, 1.807) is 19.1 Å². The summed E-state index contributed by atoms with van der Waals surface area (Å²) in [4.78, 5) is 29.1. The third-order valence-corrected chi connectivity index (χ3v) is 5.47. The Morgan fingerprint density at radius 3 is 2.36 bits per heavy atom. The largest absolute Gasteiger partial charge is 0.497 e. The van der Waals surface area contributed by atoms with Crippen molar-refractivity contribution < 1.29 is 14.3 Å². The minimum absolute atomic E-state index is 0.0769. The van der Waals surface area contributed by atoms with Crippen molar-refractivity contribution >= 4 is 17.6 Å². The maximum atomic E-state index is 13.3. The molecule has 0 bridgehead atoms. The van der Waals surface area contributed by atoms with E-state index < -0.39 is 6.04 Å². The second kappa shape index (κ2) is 7.03. The normalized spacial score (nSPS) is 19.0. The van der Waals surface area contributed by atoms with Crippen molar-refractivity contribution in [1.82, 2.24) is 10.2 Å². The number of benzene rings is 2. The number of ether oxygens (including phenoxy) is 1. The Morgan fingerprint density at radius 2 is 1.75 bits per heavy atom. The van der Waals surface area contributed by atoms with E-state index in [9.17, 15) is 9.59 Å². The summed E-state index contributed by atoms with van der Waals surface area (Å²) in [6, 6.07) is 14.7. The molecule has 0 spiro atoms. The number of rotatable bonds is 4. The molecule has 0 saturated heterocycles. The van der Waals surface area contributed by atoms with Gasteiger partial charge in [0.15, 0.2) is 0 Å². The molecular weight excluding hydrogens is 354 g/mol. The number of aryl methyl sites for hydroxylation is 1. The van der Waals surface area contributed by atoms with E-state index in [1.165, 1.54) is 10.5 Å². The number of hydrogen-bond donors (Lipinski definition) is 1. The van der Waals surface area contributed by atoms with Crippen LogP contribution in [0, 0.1) is 0 Å². The lowest BCUT2D eigenvalue weighted by Gasteiger charge is -2.31. The quantitative estimate of drug-likeness (QED) is 0.890. The molecule has 0 aromatic heterocycles.